The third kappa shape index (κ3) is 9.30. The van der Waals surface area contributed by atoms with Gasteiger partial charge in [-0.15, -0.1) is 0 Å². The molecule has 0 spiro atoms. The second kappa shape index (κ2) is 4.72. The van der Waals surface area contributed by atoms with E-state index >= 15 is 0 Å². The molecule has 0 aromatic carbocycles. The molecule has 0 fully saturated rings. The topological polar surface area (TPSA) is 75.3 Å². The van der Waals surface area contributed by atoms with E-state index in [4.69, 9.17) is 9.90 Å². The maximum Gasteiger partial charge on any atom is 0.418 e. The minimum absolute atomic E-state index is 0. The fraction of sp³-hybridized carbons (Fsp3) is 0. The van der Waals surface area contributed by atoms with Gasteiger partial charge in [-0.1, -0.05) is 0 Å². The van der Waals surface area contributed by atoms with Gasteiger partial charge in [-0.2, -0.15) is 0 Å². The summed E-state index contributed by atoms with van der Waals surface area (Å²) in [5.41, 5.74) is 1.44. The second-order valence-corrected chi connectivity index (χ2v) is 0.449. The molecular formula is CH4N2NiO2. The predicted octanol–water partition coefficient (Wildman–Crippen LogP) is -0.875. The summed E-state index contributed by atoms with van der Waals surface area (Å²) in [7, 11) is 0. The van der Waals surface area contributed by atoms with Crippen LogP contribution in [0.4, 0.5) is 4.79 Å². The first kappa shape index (κ1) is 9.21. The number of rotatable bonds is 0. The Hall–Kier alpha value is -0.276. The van der Waals surface area contributed by atoms with Crippen LogP contribution in [-0.2, 0) is 16.5 Å². The molecular weight excluding hydrogens is 131 g/mol. The van der Waals surface area contributed by atoms with Crippen molar-refractivity contribution in [2.24, 2.45) is 5.84 Å². The first-order valence-electron chi connectivity index (χ1n) is 0.966. The SMILES string of the molecule is NNC(=O)O.[Ni]. The van der Waals surface area contributed by atoms with Crippen LogP contribution in [0.15, 0.2) is 0 Å². The molecule has 0 aliphatic heterocycles. The molecule has 0 unspecified atom stereocenters. The van der Waals surface area contributed by atoms with Crippen LogP contribution >= 0.6 is 0 Å². The number of hydrogen-bond donors (Lipinski definition) is 3. The zero-order valence-corrected chi connectivity index (χ0v) is 3.74. The third-order valence-corrected chi connectivity index (χ3v) is 0.123. The Morgan fingerprint density at radius 3 is 2.00 bits per heavy atom. The Morgan fingerprint density at radius 2 is 2.00 bits per heavy atom. The minimum Gasteiger partial charge on any atom is -0.464 e. The van der Waals surface area contributed by atoms with Crippen LogP contribution < -0.4 is 11.3 Å². The van der Waals surface area contributed by atoms with E-state index in [0.717, 1.165) is 0 Å². The number of hydrogen-bond acceptors (Lipinski definition) is 2. The fourth-order valence-electron chi connectivity index (χ4n) is 0. The number of nitrogens with one attached hydrogen (secondary N) is 1. The van der Waals surface area contributed by atoms with Crippen molar-refractivity contribution >= 4 is 6.09 Å². The van der Waals surface area contributed by atoms with Gasteiger partial charge in [-0.05, 0) is 0 Å². The fourth-order valence-corrected chi connectivity index (χ4v) is 0. The Balaban J connectivity index is 0. The van der Waals surface area contributed by atoms with E-state index in [0.29, 0.717) is 0 Å². The second-order valence-electron chi connectivity index (χ2n) is 0.449. The molecule has 4 N–H and O–H groups in total. The van der Waals surface area contributed by atoms with E-state index in [9.17, 15) is 0 Å². The Bertz CT molecular complexity index is 46.8. The first-order valence-corrected chi connectivity index (χ1v) is 0.966. The molecule has 1 amide bonds. The summed E-state index contributed by atoms with van der Waals surface area (Å²) in [6, 6.07) is 0. The average molecular weight is 135 g/mol. The summed E-state index contributed by atoms with van der Waals surface area (Å²) in [5.74, 6) is 4.32. The van der Waals surface area contributed by atoms with E-state index in [1.165, 1.54) is 5.43 Å². The van der Waals surface area contributed by atoms with Gasteiger partial charge in [-0.3, -0.25) is 5.43 Å². The largest absolute Gasteiger partial charge is 0.464 e. The van der Waals surface area contributed by atoms with Gasteiger partial charge in [0.15, 0.2) is 0 Å². The molecule has 0 aromatic rings. The van der Waals surface area contributed by atoms with Gasteiger partial charge in [0.2, 0.25) is 0 Å². The van der Waals surface area contributed by atoms with Gasteiger partial charge >= 0.3 is 6.09 Å². The van der Waals surface area contributed by atoms with Crippen LogP contribution in [0.25, 0.3) is 0 Å². The normalized spacial score (nSPS) is 5.50. The summed E-state index contributed by atoms with van der Waals surface area (Å²) < 4.78 is 0. The smallest absolute Gasteiger partial charge is 0.418 e. The van der Waals surface area contributed by atoms with Crippen LogP contribution in [-0.4, -0.2) is 11.2 Å². The summed E-state index contributed by atoms with van der Waals surface area (Å²) in [6.45, 7) is 0. The van der Waals surface area contributed by atoms with Crippen LogP contribution in [0.1, 0.15) is 0 Å². The molecule has 0 radical (unpaired) electrons. The van der Waals surface area contributed by atoms with Crippen molar-refractivity contribution < 1.29 is 26.4 Å². The number of amides is 1. The summed E-state index contributed by atoms with van der Waals surface area (Å²) in [5, 5.41) is 7.49. The number of carboxylic acid groups (broad SMARTS) is 1. The molecule has 40 valence electrons. The molecule has 6 heavy (non-hydrogen) atoms. The molecule has 0 rings (SSSR count). The van der Waals surface area contributed by atoms with E-state index in [2.05, 4.69) is 5.84 Å². The molecule has 0 aliphatic rings. The Morgan fingerprint density at radius 1 is 1.83 bits per heavy atom. The van der Waals surface area contributed by atoms with Crippen LogP contribution in [0.3, 0.4) is 0 Å². The Kier molecular flexibility index (Phi) is 7.25. The molecule has 0 bridgehead atoms. The van der Waals surface area contributed by atoms with Crippen molar-refractivity contribution in [3.8, 4) is 0 Å². The van der Waals surface area contributed by atoms with Gasteiger partial charge in [0, 0.05) is 16.5 Å². The first-order chi connectivity index (χ1) is 2.27. The van der Waals surface area contributed by atoms with Gasteiger partial charge in [0.25, 0.3) is 0 Å². The maximum atomic E-state index is 9.13. The van der Waals surface area contributed by atoms with E-state index in [-0.39, 0.29) is 16.5 Å². The van der Waals surface area contributed by atoms with Gasteiger partial charge in [0.05, 0.1) is 0 Å². The molecule has 0 heterocycles. The average Bonchev–Trinajstić information content (AvgIpc) is 1.38. The van der Waals surface area contributed by atoms with Crippen molar-refractivity contribution in [2.45, 2.75) is 0 Å². The van der Waals surface area contributed by atoms with E-state index in [1.807, 2.05) is 0 Å². The number of nitrogens with two attached hydrogens (primary N) is 1. The number of hydrazine groups is 1. The standard InChI is InChI=1S/CH4N2O2.Ni/c2-3-1(4)5;/h3H,2H2,(H,4,5);. The van der Waals surface area contributed by atoms with Crippen molar-refractivity contribution in [3.05, 3.63) is 0 Å². The maximum absolute atomic E-state index is 9.13. The van der Waals surface area contributed by atoms with Gasteiger partial charge in [0.1, 0.15) is 0 Å². The van der Waals surface area contributed by atoms with Crippen molar-refractivity contribution in [3.63, 3.8) is 0 Å². The van der Waals surface area contributed by atoms with Crippen molar-refractivity contribution in [2.75, 3.05) is 0 Å². The van der Waals surface area contributed by atoms with Gasteiger partial charge in [-0.25, -0.2) is 10.6 Å². The predicted molar refractivity (Wildman–Crippen MR) is 15.3 cm³/mol. The number of carbonyl (C=O) groups is 1. The van der Waals surface area contributed by atoms with E-state index < -0.39 is 6.09 Å². The molecule has 0 aromatic heterocycles. The Labute approximate surface area is 44.6 Å². The summed E-state index contributed by atoms with van der Waals surface area (Å²) in [4.78, 5) is 9.13. The molecule has 4 nitrogen and oxygen atoms in total. The zero-order valence-electron chi connectivity index (χ0n) is 2.75. The van der Waals surface area contributed by atoms with E-state index in [1.54, 1.807) is 0 Å². The molecule has 0 aliphatic carbocycles. The quantitative estimate of drug-likeness (QED) is 0.175. The van der Waals surface area contributed by atoms with Crippen molar-refractivity contribution in [1.29, 1.82) is 0 Å². The molecule has 5 heteroatoms. The third-order valence-electron chi connectivity index (χ3n) is 0.123. The summed E-state index contributed by atoms with van der Waals surface area (Å²) in [6.07, 6.45) is -1.22. The van der Waals surface area contributed by atoms with Crippen LogP contribution in [0.2, 0.25) is 0 Å². The molecule has 0 atom stereocenters. The van der Waals surface area contributed by atoms with Crippen molar-refractivity contribution in [1.82, 2.24) is 5.43 Å². The minimum atomic E-state index is -1.22. The monoisotopic (exact) mass is 134 g/mol. The zero-order chi connectivity index (χ0) is 4.28. The summed E-state index contributed by atoms with van der Waals surface area (Å²) >= 11 is 0. The molecule has 0 saturated carbocycles. The molecule has 0 saturated heterocycles. The van der Waals surface area contributed by atoms with Gasteiger partial charge < -0.3 is 5.11 Å². The van der Waals surface area contributed by atoms with Crippen LogP contribution in [0, 0.1) is 0 Å². The van der Waals surface area contributed by atoms with Crippen LogP contribution in [0.5, 0.6) is 0 Å².